The molecule has 3 rings (SSSR count). The maximum absolute atomic E-state index is 12.2. The number of hydrogen-bond donors (Lipinski definition) is 2. The quantitative estimate of drug-likeness (QED) is 0.770. The topological polar surface area (TPSA) is 41.1 Å². The molecule has 2 atom stereocenters. The monoisotopic (exact) mass is 264 g/mol. The minimum absolute atomic E-state index is 0.318. The van der Waals surface area contributed by atoms with E-state index in [1.165, 1.54) is 64.2 Å². The van der Waals surface area contributed by atoms with Crippen molar-refractivity contribution >= 4 is 5.91 Å². The molecule has 3 fully saturated rings. The zero-order valence-electron chi connectivity index (χ0n) is 12.0. The summed E-state index contributed by atoms with van der Waals surface area (Å²) in [5, 5.41) is 6.95. The van der Waals surface area contributed by atoms with Gasteiger partial charge in [-0.05, 0) is 44.4 Å². The van der Waals surface area contributed by atoms with Crippen LogP contribution < -0.4 is 10.6 Å². The first kappa shape index (κ1) is 13.4. The van der Waals surface area contributed by atoms with Crippen LogP contribution in [-0.4, -0.2) is 24.0 Å². The number of carbonyl (C=O) groups excluding carboxylic acids is 1. The van der Waals surface area contributed by atoms with Crippen LogP contribution in [0.1, 0.15) is 70.6 Å². The number of rotatable bonds is 3. The Morgan fingerprint density at radius 3 is 2.21 bits per heavy atom. The Morgan fingerprint density at radius 1 is 0.947 bits per heavy atom. The fourth-order valence-corrected chi connectivity index (χ4v) is 4.31. The summed E-state index contributed by atoms with van der Waals surface area (Å²) >= 11 is 0. The summed E-state index contributed by atoms with van der Waals surface area (Å²) < 4.78 is 0. The van der Waals surface area contributed by atoms with E-state index in [1.807, 2.05) is 0 Å². The smallest absolute Gasteiger partial charge is 0.220 e. The molecule has 0 radical (unpaired) electrons. The average molecular weight is 264 g/mol. The number of nitrogens with one attached hydrogen (secondary N) is 2. The molecule has 3 nitrogen and oxygen atoms in total. The minimum Gasteiger partial charge on any atom is -0.353 e. The summed E-state index contributed by atoms with van der Waals surface area (Å²) in [6.45, 7) is 0. The van der Waals surface area contributed by atoms with Gasteiger partial charge in [-0.1, -0.05) is 25.7 Å². The number of piperidine rings is 1. The molecular weight excluding hydrogens is 236 g/mol. The van der Waals surface area contributed by atoms with E-state index in [0.29, 0.717) is 30.0 Å². The first-order valence-electron chi connectivity index (χ1n) is 8.35. The number of hydrogen-bond acceptors (Lipinski definition) is 2. The van der Waals surface area contributed by atoms with E-state index in [2.05, 4.69) is 10.6 Å². The summed E-state index contributed by atoms with van der Waals surface area (Å²) in [6.07, 6.45) is 13.5. The molecule has 0 aromatic heterocycles. The van der Waals surface area contributed by atoms with Crippen LogP contribution in [0.5, 0.6) is 0 Å². The number of carbonyl (C=O) groups is 1. The second-order valence-corrected chi connectivity index (χ2v) is 6.94. The molecule has 0 aromatic carbocycles. The van der Waals surface area contributed by atoms with Crippen LogP contribution >= 0.6 is 0 Å². The highest BCUT2D eigenvalue weighted by molar-refractivity contribution is 5.76. The van der Waals surface area contributed by atoms with Gasteiger partial charge >= 0.3 is 0 Å². The van der Waals surface area contributed by atoms with Gasteiger partial charge in [0.25, 0.3) is 0 Å². The van der Waals surface area contributed by atoms with Crippen molar-refractivity contribution in [1.29, 1.82) is 0 Å². The van der Waals surface area contributed by atoms with E-state index >= 15 is 0 Å². The Hall–Kier alpha value is -0.570. The predicted octanol–water partition coefficient (Wildman–Crippen LogP) is 2.75. The van der Waals surface area contributed by atoms with E-state index in [1.54, 1.807) is 0 Å². The van der Waals surface area contributed by atoms with Crippen molar-refractivity contribution in [2.75, 3.05) is 0 Å². The van der Waals surface area contributed by atoms with E-state index in [-0.39, 0.29) is 0 Å². The van der Waals surface area contributed by atoms with Crippen LogP contribution in [0.25, 0.3) is 0 Å². The molecule has 2 unspecified atom stereocenters. The lowest BCUT2D eigenvalue weighted by Crippen LogP contribution is -2.41. The average Bonchev–Trinajstić information content (AvgIpc) is 2.60. The van der Waals surface area contributed by atoms with Crippen LogP contribution in [0.4, 0.5) is 0 Å². The van der Waals surface area contributed by atoms with E-state index in [0.717, 1.165) is 6.42 Å². The normalized spacial score (nSPS) is 35.9. The van der Waals surface area contributed by atoms with E-state index < -0.39 is 0 Å². The van der Waals surface area contributed by atoms with Crippen LogP contribution in [0, 0.1) is 5.92 Å². The van der Waals surface area contributed by atoms with E-state index in [4.69, 9.17) is 0 Å². The lowest BCUT2D eigenvalue weighted by atomic mass is 9.89. The molecule has 1 amide bonds. The highest BCUT2D eigenvalue weighted by Crippen LogP contribution is 2.32. The largest absolute Gasteiger partial charge is 0.353 e. The molecular formula is C16H28N2O. The number of fused-ring (bicyclic) bond motifs is 2. The zero-order valence-corrected chi connectivity index (χ0v) is 12.0. The summed E-state index contributed by atoms with van der Waals surface area (Å²) in [5.74, 6) is 0.947. The van der Waals surface area contributed by atoms with Crippen LogP contribution in [0.3, 0.4) is 0 Å². The molecule has 2 saturated heterocycles. The van der Waals surface area contributed by atoms with Gasteiger partial charge in [0.05, 0.1) is 0 Å². The molecule has 3 heteroatoms. The van der Waals surface area contributed by atoms with Crippen molar-refractivity contribution in [3.63, 3.8) is 0 Å². The maximum Gasteiger partial charge on any atom is 0.220 e. The fraction of sp³-hybridized carbons (Fsp3) is 0.938. The SMILES string of the molecule is O=C(CC1CC2CCC(C1)N2)NC1CCCCCC1. The Bertz CT molecular complexity index is 298. The zero-order chi connectivity index (χ0) is 13.1. The first-order valence-corrected chi connectivity index (χ1v) is 8.35. The molecule has 1 saturated carbocycles. The molecule has 1 aliphatic carbocycles. The van der Waals surface area contributed by atoms with Gasteiger partial charge in [0, 0.05) is 24.5 Å². The van der Waals surface area contributed by atoms with Crippen molar-refractivity contribution in [3.05, 3.63) is 0 Å². The molecule has 2 N–H and O–H groups in total. The number of amides is 1. The third-order valence-corrected chi connectivity index (χ3v) is 5.27. The summed E-state index contributed by atoms with van der Waals surface area (Å²) in [7, 11) is 0. The molecule has 3 aliphatic rings. The molecule has 2 aliphatic heterocycles. The molecule has 2 heterocycles. The Morgan fingerprint density at radius 2 is 1.58 bits per heavy atom. The maximum atomic E-state index is 12.2. The van der Waals surface area contributed by atoms with Crippen LogP contribution in [-0.2, 0) is 4.79 Å². The van der Waals surface area contributed by atoms with Crippen molar-refractivity contribution in [3.8, 4) is 0 Å². The molecule has 19 heavy (non-hydrogen) atoms. The highest BCUT2D eigenvalue weighted by atomic mass is 16.1. The van der Waals surface area contributed by atoms with Gasteiger partial charge in [-0.3, -0.25) is 4.79 Å². The first-order chi connectivity index (χ1) is 9.29. The summed E-state index contributed by atoms with van der Waals surface area (Å²) in [5.41, 5.74) is 0. The second-order valence-electron chi connectivity index (χ2n) is 6.94. The summed E-state index contributed by atoms with van der Waals surface area (Å²) in [4.78, 5) is 12.2. The lowest BCUT2D eigenvalue weighted by molar-refractivity contribution is -0.123. The van der Waals surface area contributed by atoms with Crippen molar-refractivity contribution in [2.45, 2.75) is 88.8 Å². The lowest BCUT2D eigenvalue weighted by Gasteiger charge is -2.29. The third kappa shape index (κ3) is 3.71. The fourth-order valence-electron chi connectivity index (χ4n) is 4.31. The van der Waals surface area contributed by atoms with Crippen molar-refractivity contribution in [1.82, 2.24) is 10.6 Å². The highest BCUT2D eigenvalue weighted by Gasteiger charge is 2.34. The Kier molecular flexibility index (Phi) is 4.42. The third-order valence-electron chi connectivity index (χ3n) is 5.27. The minimum atomic E-state index is 0.318. The van der Waals surface area contributed by atoms with Crippen LogP contribution in [0.15, 0.2) is 0 Å². The Balaban J connectivity index is 1.43. The standard InChI is InChI=1S/C16H28N2O/c19-16(18-13-5-3-1-2-4-6-13)11-12-9-14-7-8-15(10-12)17-14/h12-15,17H,1-11H2,(H,18,19). The van der Waals surface area contributed by atoms with E-state index in [9.17, 15) is 4.79 Å². The second kappa shape index (κ2) is 6.25. The van der Waals surface area contributed by atoms with Gasteiger partial charge in [-0.2, -0.15) is 0 Å². The molecule has 0 spiro atoms. The van der Waals surface area contributed by atoms with Crippen molar-refractivity contribution in [2.24, 2.45) is 5.92 Å². The predicted molar refractivity (Wildman–Crippen MR) is 76.9 cm³/mol. The molecule has 0 aromatic rings. The van der Waals surface area contributed by atoms with Gasteiger partial charge in [0.15, 0.2) is 0 Å². The summed E-state index contributed by atoms with van der Waals surface area (Å²) in [6, 6.07) is 1.87. The van der Waals surface area contributed by atoms with Gasteiger partial charge in [-0.25, -0.2) is 0 Å². The van der Waals surface area contributed by atoms with Gasteiger partial charge in [-0.15, -0.1) is 0 Å². The molecule has 2 bridgehead atoms. The Labute approximate surface area is 116 Å². The van der Waals surface area contributed by atoms with Crippen molar-refractivity contribution < 1.29 is 4.79 Å². The van der Waals surface area contributed by atoms with Gasteiger partial charge in [0.1, 0.15) is 0 Å². The van der Waals surface area contributed by atoms with Gasteiger partial charge < -0.3 is 10.6 Å². The van der Waals surface area contributed by atoms with Gasteiger partial charge in [0.2, 0.25) is 5.91 Å². The molecule has 108 valence electrons. The van der Waals surface area contributed by atoms with Crippen LogP contribution in [0.2, 0.25) is 0 Å².